The Balaban J connectivity index is 1.92. The van der Waals surface area contributed by atoms with Gasteiger partial charge in [-0.1, -0.05) is 17.7 Å². The van der Waals surface area contributed by atoms with Crippen molar-refractivity contribution in [2.24, 2.45) is 5.92 Å². The van der Waals surface area contributed by atoms with Gasteiger partial charge in [0.25, 0.3) is 0 Å². The van der Waals surface area contributed by atoms with Crippen molar-refractivity contribution in [1.82, 2.24) is 5.32 Å². The van der Waals surface area contributed by atoms with Crippen LogP contribution in [0.25, 0.3) is 0 Å². The molecule has 1 aliphatic heterocycles. The van der Waals surface area contributed by atoms with Crippen LogP contribution in [0.2, 0.25) is 0 Å². The monoisotopic (exact) mass is 204 g/mol. The van der Waals surface area contributed by atoms with Gasteiger partial charge >= 0.3 is 0 Å². The number of hydrogen-bond donors (Lipinski definition) is 2. The van der Waals surface area contributed by atoms with Crippen molar-refractivity contribution in [2.75, 3.05) is 25.0 Å². The molecule has 0 aromatic heterocycles. The summed E-state index contributed by atoms with van der Waals surface area (Å²) >= 11 is 0. The number of benzene rings is 1. The summed E-state index contributed by atoms with van der Waals surface area (Å²) in [5.74, 6) is 0.797. The zero-order valence-electron chi connectivity index (χ0n) is 9.64. The highest BCUT2D eigenvalue weighted by Gasteiger charge is 2.13. The van der Waals surface area contributed by atoms with Crippen molar-refractivity contribution in [3.8, 4) is 0 Å². The van der Waals surface area contributed by atoms with E-state index in [4.69, 9.17) is 0 Å². The second kappa shape index (κ2) is 4.67. The third kappa shape index (κ3) is 2.72. The molecule has 82 valence electrons. The molecule has 1 aromatic carbocycles. The van der Waals surface area contributed by atoms with Gasteiger partial charge in [0.15, 0.2) is 0 Å². The SMILES string of the molecule is Cc1ccc(NCC2CCNC2)c(C)c1. The summed E-state index contributed by atoms with van der Waals surface area (Å²) in [5, 5.41) is 6.93. The van der Waals surface area contributed by atoms with Crippen molar-refractivity contribution in [2.45, 2.75) is 20.3 Å². The lowest BCUT2D eigenvalue weighted by Crippen LogP contribution is -2.17. The van der Waals surface area contributed by atoms with E-state index >= 15 is 0 Å². The van der Waals surface area contributed by atoms with E-state index in [0.717, 1.165) is 19.0 Å². The predicted molar refractivity (Wildman–Crippen MR) is 65.4 cm³/mol. The van der Waals surface area contributed by atoms with Crippen LogP contribution in [-0.4, -0.2) is 19.6 Å². The molecule has 1 saturated heterocycles. The van der Waals surface area contributed by atoms with Gasteiger partial charge in [0.1, 0.15) is 0 Å². The third-order valence-corrected chi connectivity index (χ3v) is 3.13. The Morgan fingerprint density at radius 3 is 2.93 bits per heavy atom. The van der Waals surface area contributed by atoms with Crippen molar-refractivity contribution in [3.05, 3.63) is 29.3 Å². The Kier molecular flexibility index (Phi) is 3.27. The highest BCUT2D eigenvalue weighted by Crippen LogP contribution is 2.17. The summed E-state index contributed by atoms with van der Waals surface area (Å²) < 4.78 is 0. The third-order valence-electron chi connectivity index (χ3n) is 3.13. The average Bonchev–Trinajstić information content (AvgIpc) is 2.69. The molecule has 1 aliphatic rings. The van der Waals surface area contributed by atoms with Gasteiger partial charge in [-0.05, 0) is 50.9 Å². The Hall–Kier alpha value is -1.02. The minimum absolute atomic E-state index is 0.797. The minimum atomic E-state index is 0.797. The molecule has 0 bridgehead atoms. The minimum Gasteiger partial charge on any atom is -0.385 e. The molecule has 0 saturated carbocycles. The van der Waals surface area contributed by atoms with E-state index in [1.165, 1.54) is 29.8 Å². The predicted octanol–water partition coefficient (Wildman–Crippen LogP) is 2.32. The number of rotatable bonds is 3. The van der Waals surface area contributed by atoms with Gasteiger partial charge in [-0.15, -0.1) is 0 Å². The summed E-state index contributed by atoms with van der Waals surface area (Å²) in [5.41, 5.74) is 3.97. The van der Waals surface area contributed by atoms with Gasteiger partial charge in [0.05, 0.1) is 0 Å². The molecule has 0 aliphatic carbocycles. The molecular weight excluding hydrogens is 184 g/mol. The van der Waals surface area contributed by atoms with Gasteiger partial charge in [-0.3, -0.25) is 0 Å². The van der Waals surface area contributed by atoms with Crippen LogP contribution in [0.5, 0.6) is 0 Å². The highest BCUT2D eigenvalue weighted by molar-refractivity contribution is 5.51. The second-order valence-corrected chi connectivity index (χ2v) is 4.56. The summed E-state index contributed by atoms with van der Waals surface area (Å²) in [7, 11) is 0. The van der Waals surface area contributed by atoms with E-state index < -0.39 is 0 Å². The maximum absolute atomic E-state index is 3.54. The highest BCUT2D eigenvalue weighted by atomic mass is 14.9. The summed E-state index contributed by atoms with van der Waals surface area (Å²) in [6.45, 7) is 7.74. The number of anilines is 1. The van der Waals surface area contributed by atoms with Crippen molar-refractivity contribution in [3.63, 3.8) is 0 Å². The van der Waals surface area contributed by atoms with Crippen LogP contribution >= 0.6 is 0 Å². The summed E-state index contributed by atoms with van der Waals surface area (Å²) in [6, 6.07) is 6.59. The molecule has 1 fully saturated rings. The van der Waals surface area contributed by atoms with Crippen molar-refractivity contribution < 1.29 is 0 Å². The fourth-order valence-electron chi connectivity index (χ4n) is 2.15. The Morgan fingerprint density at radius 1 is 1.40 bits per heavy atom. The normalized spacial score (nSPS) is 20.5. The number of hydrogen-bond acceptors (Lipinski definition) is 2. The molecular formula is C13H20N2. The molecule has 2 heteroatoms. The van der Waals surface area contributed by atoms with Gasteiger partial charge in [-0.25, -0.2) is 0 Å². The average molecular weight is 204 g/mol. The zero-order valence-corrected chi connectivity index (χ0v) is 9.64. The van der Waals surface area contributed by atoms with Crippen molar-refractivity contribution in [1.29, 1.82) is 0 Å². The molecule has 15 heavy (non-hydrogen) atoms. The zero-order chi connectivity index (χ0) is 10.7. The van der Waals surface area contributed by atoms with Crippen molar-refractivity contribution >= 4 is 5.69 Å². The Bertz CT molecular complexity index is 327. The molecule has 2 N–H and O–H groups in total. The molecule has 1 heterocycles. The van der Waals surface area contributed by atoms with E-state index in [9.17, 15) is 0 Å². The maximum atomic E-state index is 3.54. The summed E-state index contributed by atoms with van der Waals surface area (Å²) in [6.07, 6.45) is 1.30. The summed E-state index contributed by atoms with van der Waals surface area (Å²) in [4.78, 5) is 0. The molecule has 1 aromatic rings. The van der Waals surface area contributed by atoms with Gasteiger partial charge in [0, 0.05) is 12.2 Å². The lowest BCUT2D eigenvalue weighted by atomic mass is 10.1. The standard InChI is InChI=1S/C13H20N2/c1-10-3-4-13(11(2)7-10)15-9-12-5-6-14-8-12/h3-4,7,12,14-15H,5-6,8-9H2,1-2H3. The van der Waals surface area contributed by atoms with E-state index in [-0.39, 0.29) is 0 Å². The number of aryl methyl sites for hydroxylation is 2. The molecule has 2 nitrogen and oxygen atoms in total. The first-order valence-electron chi connectivity index (χ1n) is 5.77. The quantitative estimate of drug-likeness (QED) is 0.789. The van der Waals surface area contributed by atoms with Crippen LogP contribution in [0, 0.1) is 19.8 Å². The maximum Gasteiger partial charge on any atom is 0.0370 e. The fraction of sp³-hybridized carbons (Fsp3) is 0.538. The van der Waals surface area contributed by atoms with Crippen LogP contribution < -0.4 is 10.6 Å². The molecule has 2 rings (SSSR count). The topological polar surface area (TPSA) is 24.1 Å². The van der Waals surface area contributed by atoms with Gasteiger partial charge in [-0.2, -0.15) is 0 Å². The second-order valence-electron chi connectivity index (χ2n) is 4.56. The lowest BCUT2D eigenvalue weighted by Gasteiger charge is -2.13. The molecule has 0 spiro atoms. The fourth-order valence-corrected chi connectivity index (χ4v) is 2.15. The van der Waals surface area contributed by atoms with Gasteiger partial charge < -0.3 is 10.6 Å². The van der Waals surface area contributed by atoms with E-state index in [2.05, 4.69) is 42.7 Å². The van der Waals surface area contributed by atoms with E-state index in [1.807, 2.05) is 0 Å². The molecule has 1 unspecified atom stereocenters. The molecule has 0 radical (unpaired) electrons. The Morgan fingerprint density at radius 2 is 2.27 bits per heavy atom. The lowest BCUT2D eigenvalue weighted by molar-refractivity contribution is 0.615. The van der Waals surface area contributed by atoms with Crippen LogP contribution in [0.3, 0.4) is 0 Å². The van der Waals surface area contributed by atoms with Crippen LogP contribution in [-0.2, 0) is 0 Å². The molecule has 1 atom stereocenters. The number of nitrogens with one attached hydrogen (secondary N) is 2. The first-order chi connectivity index (χ1) is 7.25. The van der Waals surface area contributed by atoms with Crippen LogP contribution in [0.1, 0.15) is 17.5 Å². The molecule has 0 amide bonds. The first-order valence-corrected chi connectivity index (χ1v) is 5.77. The van der Waals surface area contributed by atoms with Crippen LogP contribution in [0.4, 0.5) is 5.69 Å². The Labute approximate surface area is 92.1 Å². The smallest absolute Gasteiger partial charge is 0.0370 e. The van der Waals surface area contributed by atoms with Crippen LogP contribution in [0.15, 0.2) is 18.2 Å². The first kappa shape index (κ1) is 10.5. The van der Waals surface area contributed by atoms with E-state index in [1.54, 1.807) is 0 Å². The van der Waals surface area contributed by atoms with E-state index in [0.29, 0.717) is 0 Å². The largest absolute Gasteiger partial charge is 0.385 e. The van der Waals surface area contributed by atoms with Gasteiger partial charge in [0.2, 0.25) is 0 Å².